The Kier molecular flexibility index (Phi) is 6.85. The number of rotatable bonds is 8. The van der Waals surface area contributed by atoms with Crippen LogP contribution in [0.5, 0.6) is 17.4 Å². The number of ether oxygens (including phenoxy) is 2. The molecule has 0 bridgehead atoms. The van der Waals surface area contributed by atoms with E-state index < -0.39 is 0 Å². The molecule has 27 heavy (non-hydrogen) atoms. The highest BCUT2D eigenvalue weighted by Crippen LogP contribution is 2.32. The number of nitrogens with zero attached hydrogens (tertiary/aromatic N) is 1. The van der Waals surface area contributed by atoms with Crippen LogP contribution in [0.15, 0.2) is 54.7 Å². The molecule has 2 aromatic rings. The van der Waals surface area contributed by atoms with E-state index in [1.54, 1.807) is 6.20 Å². The molecule has 0 spiro atoms. The van der Waals surface area contributed by atoms with Crippen LogP contribution in [0.4, 0.5) is 0 Å². The third kappa shape index (κ3) is 5.33. The van der Waals surface area contributed by atoms with Gasteiger partial charge in [0.1, 0.15) is 0 Å². The summed E-state index contributed by atoms with van der Waals surface area (Å²) in [6.45, 7) is 3.08. The van der Waals surface area contributed by atoms with E-state index in [2.05, 4.69) is 29.4 Å². The lowest BCUT2D eigenvalue weighted by atomic mass is 9.93. The fraction of sp³-hybridized carbons (Fsp3) is 0.364. The predicted molar refractivity (Wildman–Crippen MR) is 105 cm³/mol. The lowest BCUT2D eigenvalue weighted by molar-refractivity contribution is -0.125. The second-order valence-corrected chi connectivity index (χ2v) is 6.56. The van der Waals surface area contributed by atoms with Gasteiger partial charge < -0.3 is 14.8 Å². The van der Waals surface area contributed by atoms with E-state index in [0.717, 1.165) is 31.2 Å². The molecule has 5 heteroatoms. The van der Waals surface area contributed by atoms with E-state index >= 15 is 0 Å². The molecule has 1 aliphatic carbocycles. The second kappa shape index (κ2) is 9.76. The van der Waals surface area contributed by atoms with Crippen molar-refractivity contribution in [2.75, 3.05) is 6.61 Å². The van der Waals surface area contributed by atoms with Gasteiger partial charge in [-0.15, -0.1) is 0 Å². The third-order valence-corrected chi connectivity index (χ3v) is 4.46. The normalized spacial score (nSPS) is 16.0. The SMILES string of the molecule is CCCOc1ccccc1Oc1ncccc1CNC(=O)C1CC=CCC1. The summed E-state index contributed by atoms with van der Waals surface area (Å²) in [5.74, 6) is 1.93. The molecule has 3 rings (SSSR count). The minimum absolute atomic E-state index is 0.0548. The summed E-state index contributed by atoms with van der Waals surface area (Å²) < 4.78 is 11.8. The molecule has 5 nitrogen and oxygen atoms in total. The lowest BCUT2D eigenvalue weighted by Gasteiger charge is -2.18. The molecule has 1 aromatic carbocycles. The average molecular weight is 366 g/mol. The Hall–Kier alpha value is -2.82. The van der Waals surface area contributed by atoms with Crippen LogP contribution >= 0.6 is 0 Å². The van der Waals surface area contributed by atoms with Crippen LogP contribution in [-0.4, -0.2) is 17.5 Å². The number of hydrogen-bond acceptors (Lipinski definition) is 4. The zero-order chi connectivity index (χ0) is 18.9. The van der Waals surface area contributed by atoms with Crippen molar-refractivity contribution in [3.05, 3.63) is 60.3 Å². The number of para-hydroxylation sites is 2. The van der Waals surface area contributed by atoms with Gasteiger partial charge in [0.2, 0.25) is 11.8 Å². The summed E-state index contributed by atoms with van der Waals surface area (Å²) in [5.41, 5.74) is 0.836. The summed E-state index contributed by atoms with van der Waals surface area (Å²) in [6.07, 6.45) is 9.50. The van der Waals surface area contributed by atoms with Gasteiger partial charge in [0, 0.05) is 24.2 Å². The van der Waals surface area contributed by atoms with Gasteiger partial charge in [-0.3, -0.25) is 4.79 Å². The summed E-state index contributed by atoms with van der Waals surface area (Å²) in [5, 5.41) is 3.02. The number of carbonyl (C=O) groups excluding carboxylic acids is 1. The number of nitrogens with one attached hydrogen (secondary N) is 1. The van der Waals surface area contributed by atoms with Crippen LogP contribution in [0.2, 0.25) is 0 Å². The predicted octanol–water partition coefficient (Wildman–Crippen LogP) is 4.64. The highest BCUT2D eigenvalue weighted by molar-refractivity contribution is 5.79. The molecule has 0 fully saturated rings. The second-order valence-electron chi connectivity index (χ2n) is 6.56. The number of hydrogen-bond donors (Lipinski definition) is 1. The summed E-state index contributed by atoms with van der Waals surface area (Å²) in [4.78, 5) is 16.7. The molecule has 0 radical (unpaired) electrons. The zero-order valence-electron chi connectivity index (χ0n) is 15.7. The van der Waals surface area contributed by atoms with Crippen molar-refractivity contribution in [1.29, 1.82) is 0 Å². The van der Waals surface area contributed by atoms with Gasteiger partial charge in [-0.05, 0) is 43.9 Å². The molecule has 1 aliphatic rings. The number of aromatic nitrogens is 1. The van der Waals surface area contributed by atoms with Crippen molar-refractivity contribution < 1.29 is 14.3 Å². The third-order valence-electron chi connectivity index (χ3n) is 4.46. The van der Waals surface area contributed by atoms with E-state index in [0.29, 0.717) is 30.5 Å². The van der Waals surface area contributed by atoms with Crippen molar-refractivity contribution in [2.24, 2.45) is 5.92 Å². The average Bonchev–Trinajstić information content (AvgIpc) is 2.73. The molecule has 1 aromatic heterocycles. The Morgan fingerprint density at radius 1 is 1.19 bits per heavy atom. The Balaban J connectivity index is 1.67. The van der Waals surface area contributed by atoms with Crippen molar-refractivity contribution in [2.45, 2.75) is 39.2 Å². The summed E-state index contributed by atoms with van der Waals surface area (Å²) in [7, 11) is 0. The van der Waals surface area contributed by atoms with Gasteiger partial charge in [0.15, 0.2) is 11.5 Å². The molecule has 1 heterocycles. The molecular weight excluding hydrogens is 340 g/mol. The van der Waals surface area contributed by atoms with E-state index in [4.69, 9.17) is 9.47 Å². The number of amides is 1. The quantitative estimate of drug-likeness (QED) is 0.692. The van der Waals surface area contributed by atoms with Crippen molar-refractivity contribution in [3.63, 3.8) is 0 Å². The van der Waals surface area contributed by atoms with E-state index in [-0.39, 0.29) is 11.8 Å². The number of carbonyl (C=O) groups is 1. The minimum Gasteiger partial charge on any atom is -0.490 e. The van der Waals surface area contributed by atoms with Gasteiger partial charge in [0.25, 0.3) is 0 Å². The first-order valence-corrected chi connectivity index (χ1v) is 9.54. The van der Waals surface area contributed by atoms with Crippen molar-refractivity contribution >= 4 is 5.91 Å². The Labute approximate surface area is 160 Å². The molecule has 142 valence electrons. The largest absolute Gasteiger partial charge is 0.490 e. The molecule has 1 amide bonds. The molecule has 1 unspecified atom stereocenters. The maximum absolute atomic E-state index is 12.4. The van der Waals surface area contributed by atoms with Crippen LogP contribution in [0.3, 0.4) is 0 Å². The van der Waals surface area contributed by atoms with Gasteiger partial charge >= 0.3 is 0 Å². The molecule has 0 aliphatic heterocycles. The number of benzene rings is 1. The van der Waals surface area contributed by atoms with Gasteiger partial charge in [-0.25, -0.2) is 4.98 Å². The Morgan fingerprint density at radius 2 is 2.04 bits per heavy atom. The van der Waals surface area contributed by atoms with E-state index in [1.165, 1.54) is 0 Å². The van der Waals surface area contributed by atoms with E-state index in [1.807, 2.05) is 36.4 Å². The van der Waals surface area contributed by atoms with Crippen LogP contribution in [0, 0.1) is 5.92 Å². The highest BCUT2D eigenvalue weighted by Gasteiger charge is 2.19. The fourth-order valence-corrected chi connectivity index (χ4v) is 2.98. The summed E-state index contributed by atoms with van der Waals surface area (Å²) >= 11 is 0. The van der Waals surface area contributed by atoms with Crippen molar-refractivity contribution in [3.8, 4) is 17.4 Å². The standard InChI is InChI=1S/C22H26N2O3/c1-2-15-26-19-12-6-7-13-20(19)27-22-18(11-8-14-23-22)16-24-21(25)17-9-4-3-5-10-17/h3-4,6-8,11-14,17H,2,5,9-10,15-16H2,1H3,(H,24,25). The van der Waals surface area contributed by atoms with Gasteiger partial charge in [-0.2, -0.15) is 0 Å². The maximum Gasteiger partial charge on any atom is 0.224 e. The molecule has 0 saturated carbocycles. The lowest BCUT2D eigenvalue weighted by Crippen LogP contribution is -2.30. The van der Waals surface area contributed by atoms with Crippen LogP contribution in [0.1, 0.15) is 38.2 Å². The maximum atomic E-state index is 12.4. The van der Waals surface area contributed by atoms with E-state index in [9.17, 15) is 4.79 Å². The molecule has 1 N–H and O–H groups in total. The van der Waals surface area contributed by atoms with Gasteiger partial charge in [0.05, 0.1) is 6.61 Å². The first-order chi connectivity index (χ1) is 13.3. The van der Waals surface area contributed by atoms with Crippen LogP contribution < -0.4 is 14.8 Å². The Morgan fingerprint density at radius 3 is 2.81 bits per heavy atom. The van der Waals surface area contributed by atoms with Crippen molar-refractivity contribution in [1.82, 2.24) is 10.3 Å². The zero-order valence-corrected chi connectivity index (χ0v) is 15.7. The van der Waals surface area contributed by atoms with Gasteiger partial charge in [-0.1, -0.05) is 37.3 Å². The number of pyridine rings is 1. The van der Waals surface area contributed by atoms with Crippen LogP contribution in [0.25, 0.3) is 0 Å². The topological polar surface area (TPSA) is 60.5 Å². The first-order valence-electron chi connectivity index (χ1n) is 9.54. The summed E-state index contributed by atoms with van der Waals surface area (Å²) in [6, 6.07) is 11.3. The van der Waals surface area contributed by atoms with Crippen LogP contribution in [-0.2, 0) is 11.3 Å². The monoisotopic (exact) mass is 366 g/mol. The highest BCUT2D eigenvalue weighted by atomic mass is 16.5. The molecule has 1 atom stereocenters. The molecule has 0 saturated heterocycles. The fourth-order valence-electron chi connectivity index (χ4n) is 2.98. The first kappa shape index (κ1) is 19.0. The Bertz CT molecular complexity index is 789. The smallest absolute Gasteiger partial charge is 0.224 e. The minimum atomic E-state index is 0.0548. The number of allylic oxidation sites excluding steroid dienone is 2. The molecular formula is C22H26N2O3.